The summed E-state index contributed by atoms with van der Waals surface area (Å²) >= 11 is 0. The summed E-state index contributed by atoms with van der Waals surface area (Å²) in [6, 6.07) is 1.03. The van der Waals surface area contributed by atoms with Crippen LogP contribution in [0.4, 0.5) is 0 Å². The molecule has 1 nitrogen and oxygen atoms in total. The monoisotopic (exact) mass is 194 g/mol. The molecule has 0 aromatic carbocycles. The van der Waals surface area contributed by atoms with Gasteiger partial charge < -0.3 is 4.43 Å². The number of hydrogen-bond acceptors (Lipinski definition) is 1. The van der Waals surface area contributed by atoms with Crippen LogP contribution in [0, 0.1) is 12.3 Å². The van der Waals surface area contributed by atoms with Crippen molar-refractivity contribution in [3.63, 3.8) is 0 Å². The standard InChI is InChI=1S/C11H18OSi/c1-3-10-13-12-11(4-2)8-6-5-7-9-11/h2-3H,1,5-10,13H2. The van der Waals surface area contributed by atoms with Crippen molar-refractivity contribution in [2.24, 2.45) is 0 Å². The molecule has 0 spiro atoms. The van der Waals surface area contributed by atoms with E-state index >= 15 is 0 Å². The zero-order chi connectivity index (χ0) is 9.57. The van der Waals surface area contributed by atoms with E-state index in [-0.39, 0.29) is 5.60 Å². The van der Waals surface area contributed by atoms with Crippen LogP contribution in [0.15, 0.2) is 12.7 Å². The smallest absolute Gasteiger partial charge is 0.167 e. The van der Waals surface area contributed by atoms with E-state index in [9.17, 15) is 0 Å². The van der Waals surface area contributed by atoms with Crippen molar-refractivity contribution in [2.45, 2.75) is 43.7 Å². The normalized spacial score (nSPS) is 21.5. The van der Waals surface area contributed by atoms with Gasteiger partial charge in [-0.2, -0.15) is 0 Å². The van der Waals surface area contributed by atoms with Gasteiger partial charge in [0.1, 0.15) is 5.60 Å². The van der Waals surface area contributed by atoms with Gasteiger partial charge in [-0.1, -0.05) is 18.4 Å². The van der Waals surface area contributed by atoms with Crippen LogP contribution < -0.4 is 0 Å². The molecule has 1 fully saturated rings. The Labute approximate surface area is 83.5 Å². The number of terminal acetylenes is 1. The molecule has 0 N–H and O–H groups in total. The highest BCUT2D eigenvalue weighted by molar-refractivity contribution is 6.28. The van der Waals surface area contributed by atoms with E-state index in [2.05, 4.69) is 12.5 Å². The molecular weight excluding hydrogens is 176 g/mol. The molecule has 1 aliphatic rings. The zero-order valence-corrected chi connectivity index (χ0v) is 9.63. The number of hydrogen-bond donors (Lipinski definition) is 0. The maximum atomic E-state index is 5.89. The summed E-state index contributed by atoms with van der Waals surface area (Å²) in [4.78, 5) is 0. The maximum absolute atomic E-state index is 5.89. The Hall–Kier alpha value is -0.523. The van der Waals surface area contributed by atoms with E-state index < -0.39 is 9.76 Å². The summed E-state index contributed by atoms with van der Waals surface area (Å²) in [6.45, 7) is 3.69. The quantitative estimate of drug-likeness (QED) is 0.288. The molecule has 0 saturated heterocycles. The SMILES string of the molecule is C#CC1(O[SiH2]CC=C)CCCCC1. The predicted molar refractivity (Wildman–Crippen MR) is 59.3 cm³/mol. The lowest BCUT2D eigenvalue weighted by molar-refractivity contribution is 0.0926. The van der Waals surface area contributed by atoms with E-state index in [1.807, 2.05) is 6.08 Å². The topological polar surface area (TPSA) is 9.23 Å². The van der Waals surface area contributed by atoms with Crippen LogP contribution in [-0.4, -0.2) is 15.4 Å². The first-order valence-corrected chi connectivity index (χ1v) is 6.63. The van der Waals surface area contributed by atoms with E-state index in [1.54, 1.807) is 0 Å². The maximum Gasteiger partial charge on any atom is 0.167 e. The molecule has 0 unspecified atom stereocenters. The zero-order valence-electron chi connectivity index (χ0n) is 8.22. The molecule has 1 saturated carbocycles. The fourth-order valence-electron chi connectivity index (χ4n) is 1.79. The van der Waals surface area contributed by atoms with Gasteiger partial charge >= 0.3 is 0 Å². The van der Waals surface area contributed by atoms with Gasteiger partial charge in [-0.15, -0.1) is 13.0 Å². The average molecular weight is 194 g/mol. The molecule has 0 atom stereocenters. The third-order valence-corrected chi connectivity index (χ3v) is 4.03. The van der Waals surface area contributed by atoms with Gasteiger partial charge in [-0.3, -0.25) is 0 Å². The highest BCUT2D eigenvalue weighted by atomic mass is 28.2. The minimum Gasteiger partial charge on any atom is -0.408 e. The molecule has 0 aromatic rings. The second-order valence-corrected chi connectivity index (χ2v) is 4.90. The van der Waals surface area contributed by atoms with Crippen molar-refractivity contribution in [3.05, 3.63) is 12.7 Å². The molecular formula is C11H18OSi. The number of allylic oxidation sites excluding steroid dienone is 1. The summed E-state index contributed by atoms with van der Waals surface area (Å²) in [7, 11) is -0.462. The van der Waals surface area contributed by atoms with E-state index in [0.29, 0.717) is 0 Å². The summed E-state index contributed by atoms with van der Waals surface area (Å²) in [5.74, 6) is 2.85. The summed E-state index contributed by atoms with van der Waals surface area (Å²) < 4.78 is 5.89. The second kappa shape index (κ2) is 5.26. The predicted octanol–water partition coefficient (Wildman–Crippen LogP) is 2.03. The van der Waals surface area contributed by atoms with Crippen molar-refractivity contribution in [1.82, 2.24) is 0 Å². The molecule has 0 aliphatic heterocycles. The van der Waals surface area contributed by atoms with Crippen molar-refractivity contribution in [2.75, 3.05) is 0 Å². The molecule has 0 radical (unpaired) electrons. The Balaban J connectivity index is 2.39. The molecule has 0 bridgehead atoms. The molecule has 72 valence electrons. The lowest BCUT2D eigenvalue weighted by Gasteiger charge is -2.32. The van der Waals surface area contributed by atoms with Gasteiger partial charge in [0.05, 0.1) is 0 Å². The van der Waals surface area contributed by atoms with Gasteiger partial charge in [0.2, 0.25) is 0 Å². The van der Waals surface area contributed by atoms with Crippen LogP contribution in [0.1, 0.15) is 32.1 Å². The Morgan fingerprint density at radius 3 is 2.69 bits per heavy atom. The van der Waals surface area contributed by atoms with E-state index in [4.69, 9.17) is 10.8 Å². The first-order chi connectivity index (χ1) is 6.33. The summed E-state index contributed by atoms with van der Waals surface area (Å²) in [5, 5.41) is 0. The molecule has 2 heteroatoms. The Morgan fingerprint density at radius 2 is 2.15 bits per heavy atom. The molecule has 0 amide bonds. The van der Waals surface area contributed by atoms with Crippen LogP contribution in [-0.2, 0) is 4.43 Å². The lowest BCUT2D eigenvalue weighted by atomic mass is 9.86. The Kier molecular flexibility index (Phi) is 4.27. The molecule has 1 aliphatic carbocycles. The molecule has 1 rings (SSSR count). The fraction of sp³-hybridized carbons (Fsp3) is 0.636. The molecule has 0 aromatic heterocycles. The van der Waals surface area contributed by atoms with Gasteiger partial charge in [0.15, 0.2) is 9.76 Å². The van der Waals surface area contributed by atoms with Gasteiger partial charge in [0, 0.05) is 0 Å². The third kappa shape index (κ3) is 3.02. The highest BCUT2D eigenvalue weighted by Gasteiger charge is 2.29. The van der Waals surface area contributed by atoms with Crippen LogP contribution in [0.2, 0.25) is 6.04 Å². The van der Waals surface area contributed by atoms with Gasteiger partial charge in [0.25, 0.3) is 0 Å². The largest absolute Gasteiger partial charge is 0.408 e. The van der Waals surface area contributed by atoms with Crippen molar-refractivity contribution < 1.29 is 4.43 Å². The third-order valence-electron chi connectivity index (χ3n) is 2.62. The molecule has 0 heterocycles. The van der Waals surface area contributed by atoms with Gasteiger partial charge in [-0.05, 0) is 31.7 Å². The Morgan fingerprint density at radius 1 is 1.46 bits per heavy atom. The van der Waals surface area contributed by atoms with Crippen molar-refractivity contribution in [3.8, 4) is 12.3 Å². The van der Waals surface area contributed by atoms with Crippen LogP contribution in [0.5, 0.6) is 0 Å². The lowest BCUT2D eigenvalue weighted by Crippen LogP contribution is -2.34. The minimum atomic E-state index is -0.462. The minimum absolute atomic E-state index is 0.187. The van der Waals surface area contributed by atoms with Crippen LogP contribution in [0.3, 0.4) is 0 Å². The summed E-state index contributed by atoms with van der Waals surface area (Å²) in [5.41, 5.74) is -0.187. The Bertz CT molecular complexity index is 199. The number of rotatable bonds is 4. The molecule has 13 heavy (non-hydrogen) atoms. The fourth-order valence-corrected chi connectivity index (χ4v) is 2.84. The highest BCUT2D eigenvalue weighted by Crippen LogP contribution is 2.30. The first-order valence-electron chi connectivity index (χ1n) is 5.06. The van der Waals surface area contributed by atoms with E-state index in [1.165, 1.54) is 19.3 Å². The van der Waals surface area contributed by atoms with Crippen molar-refractivity contribution in [1.29, 1.82) is 0 Å². The van der Waals surface area contributed by atoms with E-state index in [0.717, 1.165) is 18.9 Å². The van der Waals surface area contributed by atoms with Crippen LogP contribution >= 0.6 is 0 Å². The second-order valence-electron chi connectivity index (χ2n) is 3.63. The van der Waals surface area contributed by atoms with Crippen molar-refractivity contribution >= 4 is 9.76 Å². The average Bonchev–Trinajstić information content (AvgIpc) is 2.20. The first kappa shape index (κ1) is 10.6. The van der Waals surface area contributed by atoms with Gasteiger partial charge in [-0.25, -0.2) is 0 Å². The van der Waals surface area contributed by atoms with Crippen LogP contribution in [0.25, 0.3) is 0 Å². The summed E-state index contributed by atoms with van der Waals surface area (Å²) in [6.07, 6.45) is 13.4.